The Labute approximate surface area is 222 Å². The number of pyridine rings is 2. The van der Waals surface area contributed by atoms with Crippen molar-refractivity contribution >= 4 is 17.7 Å². The van der Waals surface area contributed by atoms with Gasteiger partial charge in [-0.1, -0.05) is 12.1 Å². The zero-order valence-corrected chi connectivity index (χ0v) is 20.8. The van der Waals surface area contributed by atoms with Crippen LogP contribution in [-0.4, -0.2) is 69.0 Å². The van der Waals surface area contributed by atoms with E-state index < -0.39 is 47.5 Å². The third kappa shape index (κ3) is 6.89. The number of hydrogen-bond acceptors (Lipinski definition) is 6. The molecule has 3 aromatic rings. The van der Waals surface area contributed by atoms with Crippen LogP contribution in [0.1, 0.15) is 35.4 Å². The Bertz CT molecular complexity index is 1310. The van der Waals surface area contributed by atoms with Crippen LogP contribution in [0.3, 0.4) is 0 Å². The van der Waals surface area contributed by atoms with Crippen LogP contribution in [0.4, 0.5) is 23.7 Å². The quantitative estimate of drug-likeness (QED) is 0.375. The van der Waals surface area contributed by atoms with Crippen molar-refractivity contribution in [1.29, 1.82) is 0 Å². The second-order valence-corrected chi connectivity index (χ2v) is 9.17. The van der Waals surface area contributed by atoms with E-state index in [9.17, 15) is 33.0 Å². The number of anilines is 1. The topological polar surface area (TPSA) is 125 Å². The third-order valence-electron chi connectivity index (χ3n) is 6.66. The largest absolute Gasteiger partial charge is 0.465 e. The fourth-order valence-electron chi connectivity index (χ4n) is 4.60. The van der Waals surface area contributed by atoms with Gasteiger partial charge in [-0.05, 0) is 42.2 Å². The Balaban J connectivity index is 1.49. The highest BCUT2D eigenvalue weighted by molar-refractivity contribution is 5.92. The van der Waals surface area contributed by atoms with Crippen LogP contribution in [0.2, 0.25) is 0 Å². The summed E-state index contributed by atoms with van der Waals surface area (Å²) in [7, 11) is 0. The highest BCUT2D eigenvalue weighted by Crippen LogP contribution is 2.31. The smallest absolute Gasteiger partial charge is 0.407 e. The van der Waals surface area contributed by atoms with Crippen LogP contribution in [0.5, 0.6) is 0 Å². The molecule has 3 atom stereocenters. The van der Waals surface area contributed by atoms with Crippen LogP contribution >= 0.6 is 0 Å². The van der Waals surface area contributed by atoms with Crippen molar-refractivity contribution < 1.29 is 37.7 Å². The molecule has 1 aromatic carbocycles. The second kappa shape index (κ2) is 12.7. The number of amides is 2. The molecule has 0 bridgehead atoms. The number of halogens is 3. The number of carboxylic acid groups (broad SMARTS) is 1. The summed E-state index contributed by atoms with van der Waals surface area (Å²) in [4.78, 5) is 33.3. The SMILES string of the molecule is O=C(CC(c1ccc(F)cc1)c1ccncc1F)Nc1cncc(F)c1CCC1CN(C(=O)O)C(CO)CO1. The molecule has 206 valence electrons. The highest BCUT2D eigenvalue weighted by Gasteiger charge is 2.32. The summed E-state index contributed by atoms with van der Waals surface area (Å²) in [6.07, 6.45) is 3.10. The minimum Gasteiger partial charge on any atom is -0.465 e. The molecule has 0 aliphatic carbocycles. The number of ether oxygens (including phenoxy) is 1. The van der Waals surface area contributed by atoms with Crippen molar-refractivity contribution in [1.82, 2.24) is 14.9 Å². The molecule has 2 aromatic heterocycles. The summed E-state index contributed by atoms with van der Waals surface area (Å²) in [6, 6.07) is 6.14. The number of rotatable bonds is 9. The second-order valence-electron chi connectivity index (χ2n) is 9.17. The summed E-state index contributed by atoms with van der Waals surface area (Å²) < 4.78 is 48.6. The first-order chi connectivity index (χ1) is 18.8. The Morgan fingerprint density at radius 3 is 2.51 bits per heavy atom. The number of morpholine rings is 1. The molecule has 2 amide bonds. The molecule has 4 rings (SSSR count). The lowest BCUT2D eigenvalue weighted by atomic mass is 9.88. The van der Waals surface area contributed by atoms with Crippen LogP contribution < -0.4 is 5.32 Å². The van der Waals surface area contributed by atoms with E-state index in [-0.39, 0.29) is 55.8 Å². The lowest BCUT2D eigenvalue weighted by molar-refractivity contribution is -0.116. The first kappa shape index (κ1) is 28.0. The molecule has 1 aliphatic heterocycles. The van der Waals surface area contributed by atoms with Gasteiger partial charge in [0.15, 0.2) is 0 Å². The third-order valence-corrected chi connectivity index (χ3v) is 6.66. The normalized spacial score (nSPS) is 18.0. The zero-order chi connectivity index (χ0) is 27.9. The van der Waals surface area contributed by atoms with Crippen molar-refractivity contribution in [2.24, 2.45) is 0 Å². The first-order valence-corrected chi connectivity index (χ1v) is 12.3. The minimum atomic E-state index is -1.19. The lowest BCUT2D eigenvalue weighted by Gasteiger charge is -2.37. The number of hydrogen-bond donors (Lipinski definition) is 3. The van der Waals surface area contributed by atoms with Gasteiger partial charge in [0.05, 0.1) is 56.2 Å². The molecule has 0 radical (unpaired) electrons. The van der Waals surface area contributed by atoms with Gasteiger partial charge in [0.25, 0.3) is 0 Å². The van der Waals surface area contributed by atoms with E-state index in [1.807, 2.05) is 0 Å². The molecule has 1 saturated heterocycles. The van der Waals surface area contributed by atoms with E-state index in [0.29, 0.717) is 5.56 Å². The van der Waals surface area contributed by atoms with E-state index in [1.54, 1.807) is 0 Å². The zero-order valence-electron chi connectivity index (χ0n) is 20.8. The average molecular weight is 545 g/mol. The van der Waals surface area contributed by atoms with Gasteiger partial charge in [-0.25, -0.2) is 18.0 Å². The van der Waals surface area contributed by atoms with Gasteiger partial charge >= 0.3 is 6.09 Å². The summed E-state index contributed by atoms with van der Waals surface area (Å²) in [5, 5.41) is 21.4. The maximum absolute atomic E-state index is 14.8. The number of nitrogens with one attached hydrogen (secondary N) is 1. The van der Waals surface area contributed by atoms with Gasteiger partial charge in [-0.2, -0.15) is 0 Å². The van der Waals surface area contributed by atoms with Crippen LogP contribution in [0.15, 0.2) is 55.1 Å². The van der Waals surface area contributed by atoms with Gasteiger partial charge in [-0.15, -0.1) is 0 Å². The number of aliphatic hydroxyl groups is 1. The van der Waals surface area contributed by atoms with Gasteiger partial charge in [-0.3, -0.25) is 19.7 Å². The predicted molar refractivity (Wildman–Crippen MR) is 134 cm³/mol. The van der Waals surface area contributed by atoms with E-state index >= 15 is 0 Å². The molecular weight excluding hydrogens is 517 g/mol. The Morgan fingerprint density at radius 1 is 1.08 bits per heavy atom. The van der Waals surface area contributed by atoms with Crippen LogP contribution in [-0.2, 0) is 16.0 Å². The fourth-order valence-corrected chi connectivity index (χ4v) is 4.60. The molecule has 0 saturated carbocycles. The van der Waals surface area contributed by atoms with E-state index in [0.717, 1.165) is 17.3 Å². The molecule has 3 unspecified atom stereocenters. The first-order valence-electron chi connectivity index (χ1n) is 12.3. The Hall–Kier alpha value is -4.03. The molecule has 1 fully saturated rings. The molecule has 3 N–H and O–H groups in total. The number of aliphatic hydroxyl groups excluding tert-OH is 1. The van der Waals surface area contributed by atoms with E-state index in [2.05, 4.69) is 15.3 Å². The summed E-state index contributed by atoms with van der Waals surface area (Å²) >= 11 is 0. The van der Waals surface area contributed by atoms with E-state index in [4.69, 9.17) is 4.74 Å². The number of carbonyl (C=O) groups excluding carboxylic acids is 1. The van der Waals surface area contributed by atoms with Gasteiger partial charge < -0.3 is 20.3 Å². The molecular formula is C27H27F3N4O5. The molecule has 3 heterocycles. The van der Waals surface area contributed by atoms with Crippen LogP contribution in [0, 0.1) is 17.5 Å². The number of aromatic nitrogens is 2. The van der Waals surface area contributed by atoms with Gasteiger partial charge in [0.1, 0.15) is 17.5 Å². The number of benzene rings is 1. The summed E-state index contributed by atoms with van der Waals surface area (Å²) in [5.74, 6) is -3.09. The lowest BCUT2D eigenvalue weighted by Crippen LogP contribution is -2.53. The molecule has 9 nitrogen and oxygen atoms in total. The summed E-state index contributed by atoms with van der Waals surface area (Å²) in [5.41, 5.74) is 0.976. The van der Waals surface area contributed by atoms with Gasteiger partial charge in [0, 0.05) is 24.1 Å². The summed E-state index contributed by atoms with van der Waals surface area (Å²) in [6.45, 7) is -0.367. The van der Waals surface area contributed by atoms with Crippen LogP contribution in [0.25, 0.3) is 0 Å². The van der Waals surface area contributed by atoms with Crippen molar-refractivity contribution in [3.8, 4) is 0 Å². The fraction of sp³-hybridized carbons (Fsp3) is 0.333. The van der Waals surface area contributed by atoms with Crippen molar-refractivity contribution in [3.63, 3.8) is 0 Å². The van der Waals surface area contributed by atoms with Crippen molar-refractivity contribution in [2.75, 3.05) is 25.1 Å². The molecule has 1 aliphatic rings. The average Bonchev–Trinajstić information content (AvgIpc) is 2.92. The van der Waals surface area contributed by atoms with Gasteiger partial charge in [0.2, 0.25) is 5.91 Å². The Morgan fingerprint density at radius 2 is 1.82 bits per heavy atom. The van der Waals surface area contributed by atoms with Crippen molar-refractivity contribution in [2.45, 2.75) is 37.3 Å². The number of nitrogens with zero attached hydrogens (tertiary/aromatic N) is 3. The maximum atomic E-state index is 14.8. The minimum absolute atomic E-state index is 0.00576. The maximum Gasteiger partial charge on any atom is 0.407 e. The monoisotopic (exact) mass is 544 g/mol. The standard InChI is InChI=1S/C27H27F3N4O5/c28-17-3-1-16(2-4-17)22(20-7-8-31-10-23(20)29)9-26(36)33-25-12-32-11-24(30)21(25)6-5-19-13-34(27(37)38)18(14-35)15-39-19/h1-4,7-8,10-12,18-19,22,35H,5-6,9,13-15H2,(H,33,36)(H,37,38). The molecule has 0 spiro atoms. The van der Waals surface area contributed by atoms with Crippen molar-refractivity contribution in [3.05, 3.63) is 89.3 Å². The molecule has 12 heteroatoms. The highest BCUT2D eigenvalue weighted by atomic mass is 19.1. The van der Waals surface area contributed by atoms with E-state index in [1.165, 1.54) is 42.7 Å². The predicted octanol–water partition coefficient (Wildman–Crippen LogP) is 3.73. The molecule has 39 heavy (non-hydrogen) atoms. The Kier molecular flexibility index (Phi) is 9.10. The number of carbonyl (C=O) groups is 2.